The molecule has 1 saturated carbocycles. The van der Waals surface area contributed by atoms with Gasteiger partial charge in [-0.2, -0.15) is 0 Å². The number of benzene rings is 4. The molecule has 50 heavy (non-hydrogen) atoms. The van der Waals surface area contributed by atoms with Crippen molar-refractivity contribution in [2.75, 3.05) is 4.90 Å². The quantitative estimate of drug-likeness (QED) is 0.0870. The average Bonchev–Trinajstić information content (AvgIpc) is 3.38. The average molecular weight is 687 g/mol. The number of carbonyl (C=O) groups is 4. The van der Waals surface area contributed by atoms with Crippen molar-refractivity contribution in [1.29, 1.82) is 0 Å². The molecule has 0 spiro atoms. The highest BCUT2D eigenvalue weighted by Gasteiger charge is 2.50. The number of amides is 2. The maximum absolute atomic E-state index is 13.7. The molecule has 2 amide bonds. The zero-order valence-electron chi connectivity index (χ0n) is 27.7. The highest BCUT2D eigenvalue weighted by molar-refractivity contribution is 6.31. The van der Waals surface area contributed by atoms with Gasteiger partial charge in [0.2, 0.25) is 17.6 Å². The van der Waals surface area contributed by atoms with Crippen molar-refractivity contribution in [2.24, 2.45) is 17.8 Å². The number of fused-ring (bicyclic) bond motifs is 2. The van der Waals surface area contributed by atoms with Crippen LogP contribution >= 0.6 is 11.6 Å². The standard InChI is InChI=1S/C41H35ClN2O6/c1-24-8-18-32-34(20-24)40(47)44(39(32)46)30-14-9-27(10-15-30)37-22-35(33-21-29(42)13-19-36(33)43-37)41(48)50-25(2)38(45)28-11-16-31(17-12-28)49-23-26-6-4-3-5-7-26/h3-7,9-17,19,21-22,24-25,32,34H,8,18,20,23H2,1-2H3. The van der Waals surface area contributed by atoms with Gasteiger partial charge >= 0.3 is 5.97 Å². The van der Waals surface area contributed by atoms with Crippen LogP contribution < -0.4 is 9.64 Å². The van der Waals surface area contributed by atoms with Gasteiger partial charge in [-0.25, -0.2) is 9.78 Å². The van der Waals surface area contributed by atoms with E-state index in [1.807, 2.05) is 30.3 Å². The molecule has 0 bridgehead atoms. The maximum Gasteiger partial charge on any atom is 0.339 e. The summed E-state index contributed by atoms with van der Waals surface area (Å²) in [4.78, 5) is 59.5. The molecule has 252 valence electrons. The number of hydrogen-bond donors (Lipinski definition) is 0. The third-order valence-electron chi connectivity index (χ3n) is 9.64. The minimum atomic E-state index is -1.08. The Morgan fingerprint density at radius 1 is 0.880 bits per heavy atom. The Hall–Kier alpha value is -5.34. The molecule has 0 N–H and O–H groups in total. The molecule has 1 aromatic heterocycles. The molecule has 1 aliphatic carbocycles. The number of nitrogens with zero attached hydrogens (tertiary/aromatic N) is 2. The predicted octanol–water partition coefficient (Wildman–Crippen LogP) is 8.49. The van der Waals surface area contributed by atoms with Crippen LogP contribution in [-0.4, -0.2) is 34.7 Å². The van der Waals surface area contributed by atoms with Gasteiger partial charge in [-0.05, 0) is 98.3 Å². The number of ether oxygens (including phenoxy) is 2. The molecule has 2 heterocycles. The molecule has 4 aromatic carbocycles. The molecule has 8 nitrogen and oxygen atoms in total. The molecule has 4 unspecified atom stereocenters. The minimum absolute atomic E-state index is 0.138. The lowest BCUT2D eigenvalue weighted by atomic mass is 9.76. The number of esters is 1. The lowest BCUT2D eigenvalue weighted by Gasteiger charge is -2.25. The Labute approximate surface area is 295 Å². The fourth-order valence-corrected chi connectivity index (χ4v) is 7.08. The number of imide groups is 1. The lowest BCUT2D eigenvalue weighted by molar-refractivity contribution is -0.122. The Kier molecular flexibility index (Phi) is 9.21. The van der Waals surface area contributed by atoms with Crippen LogP contribution in [0.2, 0.25) is 5.02 Å². The molecule has 9 heteroatoms. The second-order valence-corrected chi connectivity index (χ2v) is 13.6. The molecule has 0 radical (unpaired) electrons. The summed E-state index contributed by atoms with van der Waals surface area (Å²) >= 11 is 6.31. The van der Waals surface area contributed by atoms with Crippen molar-refractivity contribution in [1.82, 2.24) is 4.98 Å². The van der Waals surface area contributed by atoms with Gasteiger partial charge in [0.05, 0.1) is 34.3 Å². The van der Waals surface area contributed by atoms with E-state index < -0.39 is 12.1 Å². The van der Waals surface area contributed by atoms with Crippen LogP contribution in [-0.2, 0) is 20.9 Å². The fraction of sp³-hybridized carbons (Fsp3) is 0.244. The molecular weight excluding hydrogens is 652 g/mol. The van der Waals surface area contributed by atoms with E-state index in [9.17, 15) is 19.2 Å². The number of Topliss-reactive ketones (excluding diaryl/α,β-unsaturated/α-hetero) is 1. The van der Waals surface area contributed by atoms with Gasteiger partial charge in [-0.1, -0.05) is 61.0 Å². The van der Waals surface area contributed by atoms with Crippen LogP contribution in [0.25, 0.3) is 22.2 Å². The summed E-state index contributed by atoms with van der Waals surface area (Å²) in [5, 5.41) is 0.895. The van der Waals surface area contributed by atoms with Crippen LogP contribution in [0.5, 0.6) is 5.75 Å². The number of pyridine rings is 1. The number of aromatic nitrogens is 1. The van der Waals surface area contributed by atoms with Crippen LogP contribution in [0, 0.1) is 17.8 Å². The van der Waals surface area contributed by atoms with Crippen LogP contribution in [0.4, 0.5) is 5.69 Å². The number of carbonyl (C=O) groups excluding carboxylic acids is 4. The zero-order chi connectivity index (χ0) is 34.9. The summed E-state index contributed by atoms with van der Waals surface area (Å²) in [5.74, 6) is -0.825. The van der Waals surface area contributed by atoms with Crippen molar-refractivity contribution >= 4 is 51.8 Å². The first-order valence-electron chi connectivity index (χ1n) is 16.8. The molecule has 2 aliphatic rings. The lowest BCUT2D eigenvalue weighted by Crippen LogP contribution is -2.30. The first kappa shape index (κ1) is 33.2. The number of halogens is 1. The topological polar surface area (TPSA) is 103 Å². The Morgan fingerprint density at radius 2 is 1.60 bits per heavy atom. The predicted molar refractivity (Wildman–Crippen MR) is 191 cm³/mol. The van der Waals surface area contributed by atoms with Crippen molar-refractivity contribution in [3.05, 3.63) is 125 Å². The molecule has 7 rings (SSSR count). The first-order chi connectivity index (χ1) is 24.2. The van der Waals surface area contributed by atoms with Gasteiger partial charge in [0.15, 0.2) is 6.10 Å². The van der Waals surface area contributed by atoms with Crippen molar-refractivity contribution in [3.63, 3.8) is 0 Å². The zero-order valence-corrected chi connectivity index (χ0v) is 28.4. The van der Waals surface area contributed by atoms with Crippen LogP contribution in [0.15, 0.2) is 103 Å². The third kappa shape index (κ3) is 6.63. The Morgan fingerprint density at radius 3 is 2.34 bits per heavy atom. The summed E-state index contributed by atoms with van der Waals surface area (Å²) < 4.78 is 11.5. The summed E-state index contributed by atoms with van der Waals surface area (Å²) in [6.07, 6.45) is 1.33. The van der Waals surface area contributed by atoms with E-state index in [1.54, 1.807) is 72.8 Å². The highest BCUT2D eigenvalue weighted by atomic mass is 35.5. The SMILES string of the molecule is CC1CCC2C(=O)N(c3ccc(-c4cc(C(=O)OC(C)C(=O)c5ccc(OCc6ccccc6)cc5)c5cc(Cl)ccc5n4)cc3)C(=O)C2C1. The van der Waals surface area contributed by atoms with Crippen LogP contribution in [0.3, 0.4) is 0 Å². The van der Waals surface area contributed by atoms with Gasteiger partial charge < -0.3 is 9.47 Å². The van der Waals surface area contributed by atoms with Gasteiger partial charge in [0, 0.05) is 21.5 Å². The van der Waals surface area contributed by atoms with Gasteiger partial charge in [-0.15, -0.1) is 0 Å². The van der Waals surface area contributed by atoms with Crippen LogP contribution in [0.1, 0.15) is 59.4 Å². The fourth-order valence-electron chi connectivity index (χ4n) is 6.91. The summed E-state index contributed by atoms with van der Waals surface area (Å²) in [7, 11) is 0. The van der Waals surface area contributed by atoms with E-state index in [1.165, 1.54) is 11.8 Å². The van der Waals surface area contributed by atoms with Gasteiger partial charge in [-0.3, -0.25) is 19.3 Å². The summed E-state index contributed by atoms with van der Waals surface area (Å²) in [5.41, 5.74) is 3.78. The largest absolute Gasteiger partial charge is 0.489 e. The van der Waals surface area contributed by atoms with E-state index in [0.717, 1.165) is 24.8 Å². The summed E-state index contributed by atoms with van der Waals surface area (Å²) in [6.45, 7) is 4.06. The second kappa shape index (κ2) is 13.9. The number of hydrogen-bond acceptors (Lipinski definition) is 7. The molecule has 4 atom stereocenters. The Balaban J connectivity index is 1.09. The molecule has 1 saturated heterocycles. The minimum Gasteiger partial charge on any atom is -0.489 e. The number of ketones is 1. The Bertz CT molecular complexity index is 2100. The maximum atomic E-state index is 13.7. The monoisotopic (exact) mass is 686 g/mol. The molecule has 5 aromatic rings. The van der Waals surface area contributed by atoms with Gasteiger partial charge in [0.1, 0.15) is 12.4 Å². The van der Waals surface area contributed by atoms with E-state index in [4.69, 9.17) is 26.1 Å². The van der Waals surface area contributed by atoms with Gasteiger partial charge in [0.25, 0.3) is 0 Å². The smallest absolute Gasteiger partial charge is 0.339 e. The number of rotatable bonds is 9. The van der Waals surface area contributed by atoms with Crippen molar-refractivity contribution in [2.45, 2.75) is 45.8 Å². The van der Waals surface area contributed by atoms with E-state index in [0.29, 0.717) is 56.7 Å². The first-order valence-corrected chi connectivity index (χ1v) is 17.1. The van der Waals surface area contributed by atoms with E-state index >= 15 is 0 Å². The van der Waals surface area contributed by atoms with Crippen molar-refractivity contribution in [3.8, 4) is 17.0 Å². The molecule has 1 aliphatic heterocycles. The molecule has 2 fully saturated rings. The van der Waals surface area contributed by atoms with E-state index in [-0.39, 0.29) is 35.0 Å². The summed E-state index contributed by atoms with van der Waals surface area (Å²) in [6, 6.07) is 30.1. The second-order valence-electron chi connectivity index (χ2n) is 13.1. The van der Waals surface area contributed by atoms with Crippen molar-refractivity contribution < 1.29 is 28.7 Å². The highest BCUT2D eigenvalue weighted by Crippen LogP contribution is 2.42. The number of anilines is 1. The molecular formula is C41H35ClN2O6. The third-order valence-corrected chi connectivity index (χ3v) is 9.87. The normalized spacial score (nSPS) is 19.3. The van der Waals surface area contributed by atoms with E-state index in [2.05, 4.69) is 6.92 Å².